The molecular weight excluding hydrogens is 134 g/mol. The van der Waals surface area contributed by atoms with Crippen LogP contribution < -0.4 is 5.32 Å². The molecule has 2 heteroatoms. The van der Waals surface area contributed by atoms with E-state index in [2.05, 4.69) is 5.32 Å². The Morgan fingerprint density at radius 1 is 1.11 bits per heavy atom. The maximum atomic E-state index is 3.52. The van der Waals surface area contributed by atoms with Gasteiger partial charge in [0.05, 0.1) is 0 Å². The Morgan fingerprint density at radius 3 is 2.22 bits per heavy atom. The van der Waals surface area contributed by atoms with Crippen molar-refractivity contribution in [2.45, 2.75) is 31.7 Å². The average Bonchev–Trinajstić information content (AvgIpc) is 2.60. The number of nitrogens with one attached hydrogen (secondary N) is 1. The second-order valence-corrected chi connectivity index (χ2v) is 3.13. The predicted molar refractivity (Wildman–Crippen MR) is 41.0 cm³/mol. The molecule has 0 heterocycles. The van der Waals surface area contributed by atoms with Crippen molar-refractivity contribution in [2.24, 2.45) is 5.92 Å². The summed E-state index contributed by atoms with van der Waals surface area (Å²) in [6.45, 7) is 1.31. The standard InChI is InChI=1S/C7H13N.ClH/c1-2-6(1)5-8-7-3-4-7;/h6-8H,1-5H2;1H. The molecule has 0 amide bonds. The summed E-state index contributed by atoms with van der Waals surface area (Å²) in [5, 5.41) is 3.52. The van der Waals surface area contributed by atoms with Gasteiger partial charge in [-0.2, -0.15) is 0 Å². The molecule has 1 N–H and O–H groups in total. The molecular formula is C7H14ClN. The Hall–Kier alpha value is 0.250. The molecule has 2 saturated carbocycles. The van der Waals surface area contributed by atoms with Crippen molar-refractivity contribution in [1.29, 1.82) is 0 Å². The topological polar surface area (TPSA) is 12.0 Å². The van der Waals surface area contributed by atoms with E-state index in [0.29, 0.717) is 0 Å². The van der Waals surface area contributed by atoms with Gasteiger partial charge in [-0.25, -0.2) is 0 Å². The molecule has 0 bridgehead atoms. The van der Waals surface area contributed by atoms with Crippen LogP contribution in [0.1, 0.15) is 25.7 Å². The molecule has 1 nitrogen and oxygen atoms in total. The minimum atomic E-state index is 0. The smallest absolute Gasteiger partial charge is 0.00683 e. The number of halogens is 1. The van der Waals surface area contributed by atoms with Crippen LogP contribution in [0.2, 0.25) is 0 Å². The predicted octanol–water partition coefficient (Wildman–Crippen LogP) is 1.57. The van der Waals surface area contributed by atoms with Gasteiger partial charge in [-0.3, -0.25) is 0 Å². The lowest BCUT2D eigenvalue weighted by Crippen LogP contribution is -2.18. The highest BCUT2D eigenvalue weighted by Gasteiger charge is 2.25. The molecule has 2 aliphatic carbocycles. The Kier molecular flexibility index (Phi) is 2.36. The average molecular weight is 148 g/mol. The van der Waals surface area contributed by atoms with Crippen LogP contribution in [-0.4, -0.2) is 12.6 Å². The van der Waals surface area contributed by atoms with Crippen molar-refractivity contribution in [3.05, 3.63) is 0 Å². The van der Waals surface area contributed by atoms with Crippen molar-refractivity contribution in [1.82, 2.24) is 5.32 Å². The molecule has 0 aliphatic heterocycles. The maximum Gasteiger partial charge on any atom is 0.00683 e. The van der Waals surface area contributed by atoms with Crippen LogP contribution in [-0.2, 0) is 0 Å². The Bertz CT molecular complexity index is 74.9. The van der Waals surface area contributed by atoms with Gasteiger partial charge in [0.1, 0.15) is 0 Å². The third-order valence-electron chi connectivity index (χ3n) is 1.97. The number of hydrogen-bond donors (Lipinski definition) is 1. The summed E-state index contributed by atoms with van der Waals surface area (Å²) in [6.07, 6.45) is 5.85. The van der Waals surface area contributed by atoms with Gasteiger partial charge in [-0.05, 0) is 38.1 Å². The molecule has 2 rings (SSSR count). The number of hydrogen-bond acceptors (Lipinski definition) is 1. The van der Waals surface area contributed by atoms with E-state index in [1.54, 1.807) is 0 Å². The number of rotatable bonds is 3. The summed E-state index contributed by atoms with van der Waals surface area (Å²) in [4.78, 5) is 0. The van der Waals surface area contributed by atoms with Crippen LogP contribution >= 0.6 is 12.4 Å². The molecule has 9 heavy (non-hydrogen) atoms. The van der Waals surface area contributed by atoms with Crippen LogP contribution in [0, 0.1) is 5.92 Å². The van der Waals surface area contributed by atoms with Crippen molar-refractivity contribution in [3.8, 4) is 0 Å². The van der Waals surface area contributed by atoms with E-state index in [4.69, 9.17) is 0 Å². The third kappa shape index (κ3) is 2.55. The zero-order chi connectivity index (χ0) is 5.40. The van der Waals surface area contributed by atoms with Crippen LogP contribution in [0.3, 0.4) is 0 Å². The molecule has 2 aliphatic rings. The van der Waals surface area contributed by atoms with Crippen molar-refractivity contribution >= 4 is 12.4 Å². The van der Waals surface area contributed by atoms with E-state index in [1.165, 1.54) is 32.2 Å². The van der Waals surface area contributed by atoms with Crippen molar-refractivity contribution < 1.29 is 0 Å². The van der Waals surface area contributed by atoms with Crippen LogP contribution in [0.5, 0.6) is 0 Å². The van der Waals surface area contributed by atoms with Crippen LogP contribution in [0.15, 0.2) is 0 Å². The first-order valence-electron chi connectivity index (χ1n) is 3.68. The normalized spacial score (nSPS) is 25.3. The maximum absolute atomic E-state index is 3.52. The minimum absolute atomic E-state index is 0. The highest BCUT2D eigenvalue weighted by Crippen LogP contribution is 2.29. The summed E-state index contributed by atoms with van der Waals surface area (Å²) in [6, 6.07) is 0.926. The van der Waals surface area contributed by atoms with Crippen molar-refractivity contribution in [2.75, 3.05) is 6.54 Å². The largest absolute Gasteiger partial charge is 0.314 e. The minimum Gasteiger partial charge on any atom is -0.314 e. The first-order valence-corrected chi connectivity index (χ1v) is 3.68. The molecule has 0 spiro atoms. The Balaban J connectivity index is 0.000000405. The van der Waals surface area contributed by atoms with E-state index < -0.39 is 0 Å². The zero-order valence-corrected chi connectivity index (χ0v) is 6.41. The summed E-state index contributed by atoms with van der Waals surface area (Å²) in [7, 11) is 0. The highest BCUT2D eigenvalue weighted by atomic mass is 35.5. The van der Waals surface area contributed by atoms with Gasteiger partial charge in [0.25, 0.3) is 0 Å². The molecule has 0 atom stereocenters. The fraction of sp³-hybridized carbons (Fsp3) is 1.00. The second-order valence-electron chi connectivity index (χ2n) is 3.13. The van der Waals surface area contributed by atoms with E-state index in [1.807, 2.05) is 0 Å². The quantitative estimate of drug-likeness (QED) is 0.639. The zero-order valence-electron chi connectivity index (χ0n) is 5.60. The third-order valence-corrected chi connectivity index (χ3v) is 1.97. The first kappa shape index (κ1) is 7.36. The van der Waals surface area contributed by atoms with Gasteiger partial charge in [0.2, 0.25) is 0 Å². The van der Waals surface area contributed by atoms with E-state index in [9.17, 15) is 0 Å². The molecule has 2 fully saturated rings. The summed E-state index contributed by atoms with van der Waals surface area (Å²) in [5.41, 5.74) is 0. The Morgan fingerprint density at radius 2 is 1.78 bits per heavy atom. The summed E-state index contributed by atoms with van der Waals surface area (Å²) < 4.78 is 0. The van der Waals surface area contributed by atoms with E-state index in [-0.39, 0.29) is 12.4 Å². The fourth-order valence-electron chi connectivity index (χ4n) is 0.943. The first-order chi connectivity index (χ1) is 3.95. The van der Waals surface area contributed by atoms with Gasteiger partial charge in [-0.1, -0.05) is 0 Å². The second kappa shape index (κ2) is 2.89. The van der Waals surface area contributed by atoms with E-state index >= 15 is 0 Å². The molecule has 0 aromatic heterocycles. The molecule has 0 aromatic rings. The molecule has 0 unspecified atom stereocenters. The fourth-order valence-corrected chi connectivity index (χ4v) is 0.943. The SMILES string of the molecule is C1CC1CNC1CC1.Cl. The molecule has 0 radical (unpaired) electrons. The van der Waals surface area contributed by atoms with E-state index in [0.717, 1.165) is 12.0 Å². The van der Waals surface area contributed by atoms with Gasteiger partial charge < -0.3 is 5.32 Å². The summed E-state index contributed by atoms with van der Waals surface area (Å²) >= 11 is 0. The Labute approximate surface area is 62.6 Å². The highest BCUT2D eigenvalue weighted by molar-refractivity contribution is 5.85. The van der Waals surface area contributed by atoms with Crippen LogP contribution in [0.4, 0.5) is 0 Å². The summed E-state index contributed by atoms with van der Waals surface area (Å²) in [5.74, 6) is 1.07. The lowest BCUT2D eigenvalue weighted by atomic mass is 10.4. The lowest BCUT2D eigenvalue weighted by molar-refractivity contribution is 0.635. The monoisotopic (exact) mass is 147 g/mol. The van der Waals surface area contributed by atoms with Gasteiger partial charge >= 0.3 is 0 Å². The lowest BCUT2D eigenvalue weighted by Gasteiger charge is -1.96. The van der Waals surface area contributed by atoms with Gasteiger partial charge in [0, 0.05) is 6.04 Å². The van der Waals surface area contributed by atoms with Gasteiger partial charge in [-0.15, -0.1) is 12.4 Å². The molecule has 54 valence electrons. The van der Waals surface area contributed by atoms with Gasteiger partial charge in [0.15, 0.2) is 0 Å². The van der Waals surface area contributed by atoms with Crippen LogP contribution in [0.25, 0.3) is 0 Å². The molecule has 0 aromatic carbocycles. The van der Waals surface area contributed by atoms with Crippen molar-refractivity contribution in [3.63, 3.8) is 0 Å². The molecule has 0 saturated heterocycles.